The van der Waals surface area contributed by atoms with Crippen LogP contribution in [-0.2, 0) is 21.2 Å². The summed E-state index contributed by atoms with van der Waals surface area (Å²) in [7, 11) is -3.59. The Morgan fingerprint density at radius 3 is 2.23 bits per heavy atom. The molecule has 2 aromatic rings. The number of hydrogen-bond donors (Lipinski definition) is 1. The van der Waals surface area contributed by atoms with Crippen LogP contribution >= 0.6 is 0 Å². The summed E-state index contributed by atoms with van der Waals surface area (Å²) in [4.78, 5) is 13.8. The third kappa shape index (κ3) is 4.93. The van der Waals surface area contributed by atoms with Crippen LogP contribution < -0.4 is 9.62 Å². The Bertz CT molecular complexity index is 874. The standard InChI is InChI=1S/C20H26N2O3S/c1-5-18-7-10-20(11-8-18)26(24,25)21-12-13-22(17(4)23)19-9-6-15(2)16(3)14-19/h6-11,14,21H,5,12-13H2,1-4H3. The SMILES string of the molecule is CCc1ccc(S(=O)(=O)NCCN(C(C)=O)c2ccc(C)c(C)c2)cc1. The number of aryl methyl sites for hydroxylation is 3. The molecule has 1 N–H and O–H groups in total. The fourth-order valence-electron chi connectivity index (χ4n) is 2.64. The van der Waals surface area contributed by atoms with Gasteiger partial charge in [0.2, 0.25) is 15.9 Å². The zero-order valence-corrected chi connectivity index (χ0v) is 16.6. The summed E-state index contributed by atoms with van der Waals surface area (Å²) in [5, 5.41) is 0. The highest BCUT2D eigenvalue weighted by Crippen LogP contribution is 2.19. The van der Waals surface area contributed by atoms with E-state index in [9.17, 15) is 13.2 Å². The Kier molecular flexibility index (Phi) is 6.56. The number of nitrogens with one attached hydrogen (secondary N) is 1. The second-order valence-corrected chi connectivity index (χ2v) is 8.10. The molecular weight excluding hydrogens is 348 g/mol. The van der Waals surface area contributed by atoms with Crippen molar-refractivity contribution in [1.82, 2.24) is 4.72 Å². The fourth-order valence-corrected chi connectivity index (χ4v) is 3.66. The fraction of sp³-hybridized carbons (Fsp3) is 0.350. The first-order chi connectivity index (χ1) is 12.2. The molecule has 5 nitrogen and oxygen atoms in total. The van der Waals surface area contributed by atoms with Crippen molar-refractivity contribution in [2.75, 3.05) is 18.0 Å². The Morgan fingerprint density at radius 1 is 1.04 bits per heavy atom. The van der Waals surface area contributed by atoms with Gasteiger partial charge in [-0.15, -0.1) is 0 Å². The summed E-state index contributed by atoms with van der Waals surface area (Å²) in [6.07, 6.45) is 0.858. The van der Waals surface area contributed by atoms with Gasteiger partial charge in [-0.3, -0.25) is 4.79 Å². The van der Waals surface area contributed by atoms with E-state index < -0.39 is 10.0 Å². The Hall–Kier alpha value is -2.18. The summed E-state index contributed by atoms with van der Waals surface area (Å²) in [6, 6.07) is 12.6. The van der Waals surface area contributed by atoms with Crippen LogP contribution in [0.15, 0.2) is 47.4 Å². The highest BCUT2D eigenvalue weighted by Gasteiger charge is 2.16. The quantitative estimate of drug-likeness (QED) is 0.809. The van der Waals surface area contributed by atoms with Crippen molar-refractivity contribution in [2.45, 2.75) is 39.0 Å². The van der Waals surface area contributed by atoms with Crippen molar-refractivity contribution in [3.05, 3.63) is 59.2 Å². The second kappa shape index (κ2) is 8.47. The summed E-state index contributed by atoms with van der Waals surface area (Å²) in [5.41, 5.74) is 4.09. The molecule has 0 aliphatic carbocycles. The number of hydrogen-bond acceptors (Lipinski definition) is 3. The van der Waals surface area contributed by atoms with Gasteiger partial charge in [-0.25, -0.2) is 13.1 Å². The average Bonchev–Trinajstić information content (AvgIpc) is 2.61. The van der Waals surface area contributed by atoms with Crippen LogP contribution in [0.3, 0.4) is 0 Å². The van der Waals surface area contributed by atoms with Gasteiger partial charge < -0.3 is 4.90 Å². The van der Waals surface area contributed by atoms with Gasteiger partial charge in [-0.2, -0.15) is 0 Å². The number of sulfonamides is 1. The molecule has 0 saturated heterocycles. The molecule has 2 rings (SSSR count). The predicted molar refractivity (Wildman–Crippen MR) is 105 cm³/mol. The second-order valence-electron chi connectivity index (χ2n) is 6.33. The largest absolute Gasteiger partial charge is 0.311 e. The van der Waals surface area contributed by atoms with Crippen LogP contribution in [0.2, 0.25) is 0 Å². The predicted octanol–water partition coefficient (Wildman–Crippen LogP) is 3.20. The van der Waals surface area contributed by atoms with Crippen LogP contribution in [0.25, 0.3) is 0 Å². The Morgan fingerprint density at radius 2 is 1.69 bits per heavy atom. The van der Waals surface area contributed by atoms with E-state index in [0.717, 1.165) is 28.8 Å². The summed E-state index contributed by atoms with van der Waals surface area (Å²) < 4.78 is 27.4. The molecule has 140 valence electrons. The lowest BCUT2D eigenvalue weighted by Gasteiger charge is -2.22. The Balaban J connectivity index is 2.06. The van der Waals surface area contributed by atoms with E-state index in [1.165, 1.54) is 6.92 Å². The van der Waals surface area contributed by atoms with Crippen molar-refractivity contribution < 1.29 is 13.2 Å². The van der Waals surface area contributed by atoms with E-state index >= 15 is 0 Å². The molecule has 26 heavy (non-hydrogen) atoms. The average molecular weight is 375 g/mol. The lowest BCUT2D eigenvalue weighted by molar-refractivity contribution is -0.116. The van der Waals surface area contributed by atoms with E-state index in [-0.39, 0.29) is 23.9 Å². The minimum atomic E-state index is -3.59. The maximum Gasteiger partial charge on any atom is 0.240 e. The van der Waals surface area contributed by atoms with Gasteiger partial charge in [0, 0.05) is 25.7 Å². The van der Waals surface area contributed by atoms with Gasteiger partial charge in [0.1, 0.15) is 0 Å². The highest BCUT2D eigenvalue weighted by atomic mass is 32.2. The van der Waals surface area contributed by atoms with Gasteiger partial charge in [0.05, 0.1) is 4.90 Å². The lowest BCUT2D eigenvalue weighted by atomic mass is 10.1. The smallest absolute Gasteiger partial charge is 0.240 e. The molecule has 1 amide bonds. The van der Waals surface area contributed by atoms with E-state index in [1.54, 1.807) is 17.0 Å². The summed E-state index contributed by atoms with van der Waals surface area (Å²) in [6.45, 7) is 7.90. The first-order valence-electron chi connectivity index (χ1n) is 8.68. The third-order valence-electron chi connectivity index (χ3n) is 4.45. The molecule has 0 bridgehead atoms. The maximum atomic E-state index is 12.4. The van der Waals surface area contributed by atoms with Crippen molar-refractivity contribution in [3.63, 3.8) is 0 Å². The van der Waals surface area contributed by atoms with Gasteiger partial charge >= 0.3 is 0 Å². The molecule has 0 unspecified atom stereocenters. The van der Waals surface area contributed by atoms with Crippen LogP contribution in [0.1, 0.15) is 30.5 Å². The van der Waals surface area contributed by atoms with Crippen molar-refractivity contribution in [2.24, 2.45) is 0 Å². The number of carbonyl (C=O) groups is 1. The van der Waals surface area contributed by atoms with Gasteiger partial charge in [-0.05, 0) is 61.2 Å². The molecule has 6 heteroatoms. The van der Waals surface area contributed by atoms with Gasteiger partial charge in [0.25, 0.3) is 0 Å². The molecule has 2 aromatic carbocycles. The van der Waals surface area contributed by atoms with Crippen molar-refractivity contribution in [3.8, 4) is 0 Å². The molecule has 0 fully saturated rings. The molecule has 0 aliphatic rings. The number of nitrogens with zero attached hydrogens (tertiary/aromatic N) is 1. The van der Waals surface area contributed by atoms with Crippen molar-refractivity contribution in [1.29, 1.82) is 0 Å². The van der Waals surface area contributed by atoms with Crippen LogP contribution in [0.5, 0.6) is 0 Å². The number of rotatable bonds is 7. The molecule has 0 aliphatic heterocycles. The number of anilines is 1. The lowest BCUT2D eigenvalue weighted by Crippen LogP contribution is -2.37. The number of carbonyl (C=O) groups excluding carboxylic acids is 1. The molecule has 0 heterocycles. The molecule has 0 spiro atoms. The third-order valence-corrected chi connectivity index (χ3v) is 5.93. The first kappa shape index (κ1) is 20.1. The van der Waals surface area contributed by atoms with E-state index in [4.69, 9.17) is 0 Å². The first-order valence-corrected chi connectivity index (χ1v) is 10.2. The van der Waals surface area contributed by atoms with Gasteiger partial charge in [0.15, 0.2) is 0 Å². The normalized spacial score (nSPS) is 11.4. The van der Waals surface area contributed by atoms with E-state index in [2.05, 4.69) is 4.72 Å². The number of amides is 1. The minimum absolute atomic E-state index is 0.125. The molecule has 0 atom stereocenters. The molecule has 0 radical (unpaired) electrons. The van der Waals surface area contributed by atoms with Crippen LogP contribution in [-0.4, -0.2) is 27.4 Å². The molecule has 0 saturated carbocycles. The minimum Gasteiger partial charge on any atom is -0.311 e. The topological polar surface area (TPSA) is 66.5 Å². The molecule has 0 aromatic heterocycles. The zero-order valence-electron chi connectivity index (χ0n) is 15.7. The van der Waals surface area contributed by atoms with Gasteiger partial charge in [-0.1, -0.05) is 25.1 Å². The summed E-state index contributed by atoms with van der Waals surface area (Å²) >= 11 is 0. The zero-order chi connectivity index (χ0) is 19.3. The van der Waals surface area contributed by atoms with E-state index in [0.29, 0.717) is 0 Å². The van der Waals surface area contributed by atoms with Crippen LogP contribution in [0, 0.1) is 13.8 Å². The highest BCUT2D eigenvalue weighted by molar-refractivity contribution is 7.89. The van der Waals surface area contributed by atoms with E-state index in [1.807, 2.05) is 51.1 Å². The maximum absolute atomic E-state index is 12.4. The molecular formula is C20H26N2O3S. The van der Waals surface area contributed by atoms with Crippen LogP contribution in [0.4, 0.5) is 5.69 Å². The summed E-state index contributed by atoms with van der Waals surface area (Å²) in [5.74, 6) is -0.125. The monoisotopic (exact) mass is 374 g/mol. The number of benzene rings is 2. The van der Waals surface area contributed by atoms with Crippen molar-refractivity contribution >= 4 is 21.6 Å². The Labute approximate surface area is 156 Å².